The van der Waals surface area contributed by atoms with Crippen LogP contribution in [-0.4, -0.2) is 0 Å². The zero-order valence-corrected chi connectivity index (χ0v) is 15.7. The lowest BCUT2D eigenvalue weighted by Gasteiger charge is -2.28. The van der Waals surface area contributed by atoms with Crippen LogP contribution < -0.4 is 0 Å². The van der Waals surface area contributed by atoms with E-state index >= 15 is 0 Å². The first kappa shape index (κ1) is 18.3. The molecule has 0 bridgehead atoms. The van der Waals surface area contributed by atoms with Gasteiger partial charge in [0.05, 0.1) is 0 Å². The van der Waals surface area contributed by atoms with Crippen LogP contribution in [0.2, 0.25) is 0 Å². The van der Waals surface area contributed by atoms with Crippen molar-refractivity contribution in [2.75, 3.05) is 0 Å². The molecule has 0 aliphatic heterocycles. The smallest absolute Gasteiger partial charge is 0.166 e. The van der Waals surface area contributed by atoms with Crippen LogP contribution in [-0.2, 0) is 12.8 Å². The molecule has 0 radical (unpaired) electrons. The highest BCUT2D eigenvalue weighted by molar-refractivity contribution is 5.71. The second kappa shape index (κ2) is 7.53. The Hall–Kier alpha value is -2.03. The molecule has 2 aliphatic rings. The van der Waals surface area contributed by atoms with Crippen LogP contribution in [0.15, 0.2) is 36.4 Å². The zero-order chi connectivity index (χ0) is 19.0. The van der Waals surface area contributed by atoms with Crippen LogP contribution in [0.3, 0.4) is 0 Å². The number of hydrogen-bond donors (Lipinski definition) is 0. The van der Waals surface area contributed by atoms with E-state index in [1.165, 1.54) is 18.6 Å². The highest BCUT2D eigenvalue weighted by Gasteiger charge is 2.26. The van der Waals surface area contributed by atoms with Gasteiger partial charge in [0.1, 0.15) is 5.82 Å². The van der Waals surface area contributed by atoms with Crippen molar-refractivity contribution in [1.82, 2.24) is 0 Å². The summed E-state index contributed by atoms with van der Waals surface area (Å²) < 4.78 is 43.3. The molecule has 0 aromatic heterocycles. The summed E-state index contributed by atoms with van der Waals surface area (Å²) in [6.45, 7) is 2.20. The molecule has 0 N–H and O–H groups in total. The van der Waals surface area contributed by atoms with Gasteiger partial charge >= 0.3 is 0 Å². The van der Waals surface area contributed by atoms with Crippen LogP contribution in [0.25, 0.3) is 5.57 Å². The predicted molar refractivity (Wildman–Crippen MR) is 103 cm³/mol. The average Bonchev–Trinajstić information content (AvgIpc) is 2.69. The minimum Gasteiger partial charge on any atom is -0.207 e. The summed E-state index contributed by atoms with van der Waals surface area (Å²) in [5.41, 5.74) is 3.48. The van der Waals surface area contributed by atoms with E-state index in [0.29, 0.717) is 24.0 Å². The van der Waals surface area contributed by atoms with Crippen LogP contribution in [0.5, 0.6) is 0 Å². The van der Waals surface area contributed by atoms with E-state index in [2.05, 4.69) is 6.92 Å². The maximum atomic E-state index is 14.9. The van der Waals surface area contributed by atoms with Crippen molar-refractivity contribution in [1.29, 1.82) is 0 Å². The highest BCUT2D eigenvalue weighted by atomic mass is 19.2. The molecule has 1 fully saturated rings. The van der Waals surface area contributed by atoms with Crippen LogP contribution in [0, 0.1) is 23.4 Å². The summed E-state index contributed by atoms with van der Waals surface area (Å²) in [5, 5.41) is 0. The maximum absolute atomic E-state index is 14.9. The third kappa shape index (κ3) is 3.56. The lowest BCUT2D eigenvalue weighted by Crippen LogP contribution is -2.15. The van der Waals surface area contributed by atoms with E-state index in [0.717, 1.165) is 48.3 Å². The summed E-state index contributed by atoms with van der Waals surface area (Å²) in [5.74, 6) is -0.901. The van der Waals surface area contributed by atoms with Gasteiger partial charge in [-0.1, -0.05) is 37.6 Å². The number of benzene rings is 2. The second-order valence-corrected chi connectivity index (χ2v) is 7.98. The molecule has 3 heteroatoms. The third-order valence-corrected chi connectivity index (χ3v) is 6.44. The Morgan fingerprint density at radius 2 is 1.67 bits per heavy atom. The van der Waals surface area contributed by atoms with Gasteiger partial charge in [0.25, 0.3) is 0 Å². The molecule has 0 atom stereocenters. The average molecular weight is 370 g/mol. The Bertz CT molecular complexity index is 873. The Morgan fingerprint density at radius 1 is 0.889 bits per heavy atom. The highest BCUT2D eigenvalue weighted by Crippen LogP contribution is 2.39. The summed E-state index contributed by atoms with van der Waals surface area (Å²) in [7, 11) is 0. The molecule has 0 spiro atoms. The lowest BCUT2D eigenvalue weighted by molar-refractivity contribution is 0.312. The number of fused-ring (bicyclic) bond motifs is 1. The summed E-state index contributed by atoms with van der Waals surface area (Å²) in [6.07, 6.45) is 8.21. The number of allylic oxidation sites excluding steroid dienone is 2. The lowest BCUT2D eigenvalue weighted by atomic mass is 9.77. The van der Waals surface area contributed by atoms with Gasteiger partial charge in [-0.25, -0.2) is 13.2 Å². The molecule has 0 nitrogen and oxygen atoms in total. The fraction of sp³-hybridized carbons (Fsp3) is 0.417. The summed E-state index contributed by atoms with van der Waals surface area (Å²) in [4.78, 5) is 0. The van der Waals surface area contributed by atoms with E-state index < -0.39 is 11.6 Å². The summed E-state index contributed by atoms with van der Waals surface area (Å²) >= 11 is 0. The molecule has 2 aliphatic carbocycles. The van der Waals surface area contributed by atoms with Gasteiger partial charge < -0.3 is 0 Å². The first-order chi connectivity index (χ1) is 13.1. The normalized spacial score (nSPS) is 22.3. The quantitative estimate of drug-likeness (QED) is 0.547. The minimum atomic E-state index is -0.754. The van der Waals surface area contributed by atoms with Crippen molar-refractivity contribution < 1.29 is 13.2 Å². The number of halogens is 3. The molecule has 0 unspecified atom stereocenters. The monoisotopic (exact) mass is 370 g/mol. The SMILES string of the molecule is CCC1CCC(c2ccc(C3=CCc4ccc(F)cc4C3)c(F)c2F)CC1. The van der Waals surface area contributed by atoms with Crippen LogP contribution in [0.1, 0.15) is 67.2 Å². The molecular formula is C24H25F3. The molecule has 0 amide bonds. The fourth-order valence-corrected chi connectivity index (χ4v) is 4.68. The number of rotatable bonds is 3. The van der Waals surface area contributed by atoms with Gasteiger partial charge in [0.2, 0.25) is 0 Å². The van der Waals surface area contributed by atoms with Gasteiger partial charge in [-0.2, -0.15) is 0 Å². The standard InChI is InChI=1S/C24H25F3/c1-2-15-3-5-17(6-4-15)21-11-12-22(24(27)23(21)26)18-8-7-16-9-10-20(25)14-19(16)13-18/h8-12,14-15,17H,2-7,13H2,1H3. The fourth-order valence-electron chi connectivity index (χ4n) is 4.68. The van der Waals surface area contributed by atoms with Crippen LogP contribution in [0.4, 0.5) is 13.2 Å². The van der Waals surface area contributed by atoms with Crippen molar-refractivity contribution in [2.24, 2.45) is 5.92 Å². The minimum absolute atomic E-state index is 0.117. The molecule has 142 valence electrons. The second-order valence-electron chi connectivity index (χ2n) is 7.98. The van der Waals surface area contributed by atoms with E-state index in [-0.39, 0.29) is 11.7 Å². The zero-order valence-electron chi connectivity index (χ0n) is 15.7. The van der Waals surface area contributed by atoms with Gasteiger partial charge in [0, 0.05) is 5.56 Å². The Balaban J connectivity index is 1.59. The predicted octanol–water partition coefficient (Wildman–Crippen LogP) is 6.97. The molecule has 0 saturated heterocycles. The van der Waals surface area contributed by atoms with E-state index in [1.54, 1.807) is 18.2 Å². The van der Waals surface area contributed by atoms with Gasteiger partial charge in [0.15, 0.2) is 11.6 Å². The van der Waals surface area contributed by atoms with Gasteiger partial charge in [-0.05, 0) is 84.8 Å². The van der Waals surface area contributed by atoms with Crippen molar-refractivity contribution in [3.05, 3.63) is 76.1 Å². The summed E-state index contributed by atoms with van der Waals surface area (Å²) in [6, 6.07) is 8.20. The van der Waals surface area contributed by atoms with Crippen molar-refractivity contribution >= 4 is 5.57 Å². The van der Waals surface area contributed by atoms with Gasteiger partial charge in [-0.15, -0.1) is 0 Å². The Morgan fingerprint density at radius 3 is 2.41 bits per heavy atom. The Labute approximate surface area is 159 Å². The van der Waals surface area contributed by atoms with Gasteiger partial charge in [-0.3, -0.25) is 0 Å². The van der Waals surface area contributed by atoms with Crippen molar-refractivity contribution in [2.45, 2.75) is 57.8 Å². The van der Waals surface area contributed by atoms with Crippen LogP contribution >= 0.6 is 0 Å². The van der Waals surface area contributed by atoms with Crippen molar-refractivity contribution in [3.63, 3.8) is 0 Å². The largest absolute Gasteiger partial charge is 0.207 e. The van der Waals surface area contributed by atoms with E-state index in [1.807, 2.05) is 6.08 Å². The molecule has 4 rings (SSSR count). The maximum Gasteiger partial charge on any atom is 0.166 e. The molecular weight excluding hydrogens is 345 g/mol. The molecule has 1 saturated carbocycles. The first-order valence-corrected chi connectivity index (χ1v) is 10.0. The molecule has 2 aromatic carbocycles. The first-order valence-electron chi connectivity index (χ1n) is 10.0. The van der Waals surface area contributed by atoms with Crippen molar-refractivity contribution in [3.8, 4) is 0 Å². The topological polar surface area (TPSA) is 0 Å². The third-order valence-electron chi connectivity index (χ3n) is 6.44. The number of hydrogen-bond acceptors (Lipinski definition) is 0. The molecule has 27 heavy (non-hydrogen) atoms. The van der Waals surface area contributed by atoms with E-state index in [4.69, 9.17) is 0 Å². The molecule has 2 aromatic rings. The molecule has 0 heterocycles. The van der Waals surface area contributed by atoms with E-state index in [9.17, 15) is 13.2 Å². The Kier molecular flexibility index (Phi) is 5.12.